The SMILES string of the molecule is Cc1nnc(C(=O)Nc2ccc(C(=O)N[C@@H](C)Cc3ccco3)cc2)s1. The van der Waals surface area contributed by atoms with E-state index in [0.29, 0.717) is 22.7 Å². The predicted octanol–water partition coefficient (Wildman–Crippen LogP) is 3.05. The summed E-state index contributed by atoms with van der Waals surface area (Å²) in [6, 6.07) is 10.3. The molecule has 1 aromatic carbocycles. The van der Waals surface area contributed by atoms with Crippen molar-refractivity contribution >= 4 is 28.8 Å². The fraction of sp³-hybridized carbons (Fsp3) is 0.222. The average Bonchev–Trinajstić information content (AvgIpc) is 3.27. The molecule has 0 spiro atoms. The fourth-order valence-electron chi connectivity index (χ4n) is 2.37. The molecule has 1 atom stereocenters. The van der Waals surface area contributed by atoms with Crippen molar-refractivity contribution in [2.75, 3.05) is 5.32 Å². The standard InChI is InChI=1S/C18H18N4O3S/c1-11(10-15-4-3-9-25-15)19-16(23)13-5-7-14(8-6-13)20-17(24)18-22-21-12(2)26-18/h3-9,11H,10H2,1-2H3,(H,19,23)(H,20,24)/t11-/m0/s1. The molecule has 26 heavy (non-hydrogen) atoms. The van der Waals surface area contributed by atoms with Crippen LogP contribution in [0, 0.1) is 6.92 Å². The number of furan rings is 1. The van der Waals surface area contributed by atoms with Crippen LogP contribution in [0.2, 0.25) is 0 Å². The molecule has 0 unspecified atom stereocenters. The third-order valence-electron chi connectivity index (χ3n) is 3.59. The fourth-order valence-corrected chi connectivity index (χ4v) is 2.95. The average molecular weight is 370 g/mol. The highest BCUT2D eigenvalue weighted by molar-refractivity contribution is 7.13. The lowest BCUT2D eigenvalue weighted by atomic mass is 10.1. The number of nitrogens with zero attached hydrogens (tertiary/aromatic N) is 2. The summed E-state index contributed by atoms with van der Waals surface area (Å²) in [7, 11) is 0. The van der Waals surface area contributed by atoms with E-state index in [1.54, 1.807) is 37.5 Å². The van der Waals surface area contributed by atoms with Crippen LogP contribution < -0.4 is 10.6 Å². The quantitative estimate of drug-likeness (QED) is 0.695. The third-order valence-corrected chi connectivity index (χ3v) is 4.43. The molecule has 2 amide bonds. The van der Waals surface area contributed by atoms with Crippen LogP contribution in [-0.2, 0) is 6.42 Å². The summed E-state index contributed by atoms with van der Waals surface area (Å²) in [5.74, 6) is 0.323. The lowest BCUT2D eigenvalue weighted by Crippen LogP contribution is -2.33. The Labute approximate surface area is 154 Å². The number of hydrogen-bond donors (Lipinski definition) is 2. The van der Waals surface area contributed by atoms with Gasteiger partial charge in [0.25, 0.3) is 11.8 Å². The zero-order valence-electron chi connectivity index (χ0n) is 14.4. The van der Waals surface area contributed by atoms with Gasteiger partial charge >= 0.3 is 0 Å². The first-order valence-corrected chi connectivity index (χ1v) is 8.87. The first-order valence-electron chi connectivity index (χ1n) is 8.06. The van der Waals surface area contributed by atoms with Crippen LogP contribution in [0.25, 0.3) is 0 Å². The second-order valence-electron chi connectivity index (χ2n) is 5.82. The van der Waals surface area contributed by atoms with E-state index in [0.717, 1.165) is 10.8 Å². The molecule has 0 aliphatic heterocycles. The van der Waals surface area contributed by atoms with Crippen molar-refractivity contribution in [1.29, 1.82) is 0 Å². The third kappa shape index (κ3) is 4.54. The second-order valence-corrected chi connectivity index (χ2v) is 7.00. The highest BCUT2D eigenvalue weighted by Crippen LogP contribution is 2.14. The Balaban J connectivity index is 1.56. The molecular weight excluding hydrogens is 352 g/mol. The Morgan fingerprint density at radius 1 is 1.15 bits per heavy atom. The summed E-state index contributed by atoms with van der Waals surface area (Å²) in [5, 5.41) is 14.3. The lowest BCUT2D eigenvalue weighted by molar-refractivity contribution is 0.0938. The van der Waals surface area contributed by atoms with Crippen molar-refractivity contribution in [3.05, 3.63) is 64.0 Å². The van der Waals surface area contributed by atoms with Gasteiger partial charge in [-0.25, -0.2) is 0 Å². The molecule has 0 aliphatic rings. The molecule has 3 aromatic rings. The summed E-state index contributed by atoms with van der Waals surface area (Å²) >= 11 is 1.23. The number of anilines is 1. The van der Waals surface area contributed by atoms with Crippen LogP contribution in [0.15, 0.2) is 47.1 Å². The summed E-state index contributed by atoms with van der Waals surface area (Å²) < 4.78 is 5.28. The van der Waals surface area contributed by atoms with Crippen LogP contribution in [0.4, 0.5) is 5.69 Å². The molecule has 0 saturated carbocycles. The molecular formula is C18H18N4O3S. The van der Waals surface area contributed by atoms with E-state index < -0.39 is 0 Å². The highest BCUT2D eigenvalue weighted by Gasteiger charge is 2.13. The molecule has 2 heterocycles. The number of aromatic nitrogens is 2. The summed E-state index contributed by atoms with van der Waals surface area (Å²) in [4.78, 5) is 24.3. The van der Waals surface area contributed by atoms with Crippen molar-refractivity contribution in [2.24, 2.45) is 0 Å². The summed E-state index contributed by atoms with van der Waals surface area (Å²) in [5.41, 5.74) is 1.10. The highest BCUT2D eigenvalue weighted by atomic mass is 32.1. The Bertz CT molecular complexity index is 888. The zero-order valence-corrected chi connectivity index (χ0v) is 15.2. The van der Waals surface area contributed by atoms with E-state index in [1.807, 2.05) is 19.1 Å². The zero-order chi connectivity index (χ0) is 18.5. The number of rotatable bonds is 6. The van der Waals surface area contributed by atoms with Crippen molar-refractivity contribution in [1.82, 2.24) is 15.5 Å². The number of benzene rings is 1. The van der Waals surface area contributed by atoms with E-state index >= 15 is 0 Å². The van der Waals surface area contributed by atoms with Crippen molar-refractivity contribution in [3.8, 4) is 0 Å². The summed E-state index contributed by atoms with van der Waals surface area (Å²) in [6.45, 7) is 3.70. The van der Waals surface area contributed by atoms with Gasteiger partial charge in [0.15, 0.2) is 0 Å². The second kappa shape index (κ2) is 7.92. The van der Waals surface area contributed by atoms with Gasteiger partial charge in [-0.1, -0.05) is 11.3 Å². The lowest BCUT2D eigenvalue weighted by Gasteiger charge is -2.13. The number of nitrogens with one attached hydrogen (secondary N) is 2. The maximum absolute atomic E-state index is 12.3. The molecule has 8 heteroatoms. The van der Waals surface area contributed by atoms with Crippen LogP contribution in [0.5, 0.6) is 0 Å². The predicted molar refractivity (Wildman–Crippen MR) is 98.4 cm³/mol. The largest absolute Gasteiger partial charge is 0.469 e. The number of amides is 2. The van der Waals surface area contributed by atoms with Gasteiger partial charge in [0, 0.05) is 23.7 Å². The summed E-state index contributed by atoms with van der Waals surface area (Å²) in [6.07, 6.45) is 2.23. The molecule has 7 nitrogen and oxygen atoms in total. The van der Waals surface area contributed by atoms with Gasteiger partial charge in [0.1, 0.15) is 10.8 Å². The van der Waals surface area contributed by atoms with Crippen LogP contribution >= 0.6 is 11.3 Å². The van der Waals surface area contributed by atoms with E-state index in [-0.39, 0.29) is 17.9 Å². The maximum atomic E-state index is 12.3. The number of aryl methyl sites for hydroxylation is 1. The minimum atomic E-state index is -0.320. The van der Waals surface area contributed by atoms with Gasteiger partial charge in [0.05, 0.1) is 6.26 Å². The van der Waals surface area contributed by atoms with Crippen LogP contribution in [-0.4, -0.2) is 28.1 Å². The molecule has 134 valence electrons. The van der Waals surface area contributed by atoms with E-state index in [2.05, 4.69) is 20.8 Å². The van der Waals surface area contributed by atoms with Gasteiger partial charge in [-0.2, -0.15) is 0 Å². The number of carbonyl (C=O) groups excluding carboxylic acids is 2. The topological polar surface area (TPSA) is 97.1 Å². The van der Waals surface area contributed by atoms with E-state index in [1.165, 1.54) is 11.3 Å². The molecule has 2 aromatic heterocycles. The normalized spacial score (nSPS) is 11.8. The number of hydrogen-bond acceptors (Lipinski definition) is 6. The first-order chi connectivity index (χ1) is 12.5. The molecule has 0 radical (unpaired) electrons. The minimum Gasteiger partial charge on any atom is -0.469 e. The molecule has 3 rings (SSSR count). The van der Waals surface area contributed by atoms with Gasteiger partial charge in [-0.15, -0.1) is 10.2 Å². The Kier molecular flexibility index (Phi) is 5.43. The molecule has 0 bridgehead atoms. The van der Waals surface area contributed by atoms with Crippen molar-refractivity contribution in [2.45, 2.75) is 26.3 Å². The van der Waals surface area contributed by atoms with Crippen molar-refractivity contribution < 1.29 is 14.0 Å². The van der Waals surface area contributed by atoms with E-state index in [9.17, 15) is 9.59 Å². The Morgan fingerprint density at radius 2 is 1.92 bits per heavy atom. The van der Waals surface area contributed by atoms with Crippen LogP contribution in [0.3, 0.4) is 0 Å². The van der Waals surface area contributed by atoms with Crippen molar-refractivity contribution in [3.63, 3.8) is 0 Å². The Morgan fingerprint density at radius 3 is 2.54 bits per heavy atom. The maximum Gasteiger partial charge on any atom is 0.286 e. The van der Waals surface area contributed by atoms with E-state index in [4.69, 9.17) is 4.42 Å². The van der Waals surface area contributed by atoms with Gasteiger partial charge < -0.3 is 15.1 Å². The first kappa shape index (κ1) is 17.8. The molecule has 0 saturated heterocycles. The molecule has 2 N–H and O–H groups in total. The monoisotopic (exact) mass is 370 g/mol. The minimum absolute atomic E-state index is 0.0614. The van der Waals surface area contributed by atoms with Gasteiger partial charge in [0.2, 0.25) is 5.01 Å². The smallest absolute Gasteiger partial charge is 0.286 e. The van der Waals surface area contributed by atoms with Gasteiger partial charge in [-0.05, 0) is 50.2 Å². The van der Waals surface area contributed by atoms with Crippen LogP contribution in [0.1, 0.15) is 37.9 Å². The Hall–Kier alpha value is -3.00. The molecule has 0 fully saturated rings. The van der Waals surface area contributed by atoms with Gasteiger partial charge in [-0.3, -0.25) is 9.59 Å². The number of carbonyl (C=O) groups is 2. The molecule has 0 aliphatic carbocycles.